The minimum absolute atomic E-state index is 0.0997. The molecule has 146 valence electrons. The zero-order valence-corrected chi connectivity index (χ0v) is 16.4. The molecule has 0 spiro atoms. The molecule has 0 unspecified atom stereocenters. The van der Waals surface area contributed by atoms with Crippen molar-refractivity contribution in [1.29, 1.82) is 0 Å². The lowest BCUT2D eigenvalue weighted by Crippen LogP contribution is -2.27. The summed E-state index contributed by atoms with van der Waals surface area (Å²) in [5, 5.41) is 10.5. The Bertz CT molecular complexity index is 1070. The molecule has 4 heteroatoms. The predicted octanol–water partition coefficient (Wildman–Crippen LogP) is 5.50. The number of phenols is 1. The van der Waals surface area contributed by atoms with E-state index in [0.29, 0.717) is 16.8 Å². The van der Waals surface area contributed by atoms with Gasteiger partial charge < -0.3 is 10.0 Å². The molecule has 4 nitrogen and oxygen atoms in total. The van der Waals surface area contributed by atoms with Crippen LogP contribution in [0.2, 0.25) is 0 Å². The highest BCUT2D eigenvalue weighted by atomic mass is 16.3. The number of rotatable bonds is 6. The second-order valence-corrected chi connectivity index (χ2v) is 7.25. The highest BCUT2D eigenvalue weighted by molar-refractivity contribution is 6.31. The van der Waals surface area contributed by atoms with Crippen LogP contribution in [0.25, 0.3) is 0 Å². The fourth-order valence-corrected chi connectivity index (χ4v) is 3.93. The smallest absolute Gasteiger partial charge is 0.198 e. The molecule has 3 aromatic carbocycles. The first-order valence-corrected chi connectivity index (χ1v) is 10.0. The Hall–Kier alpha value is -3.40. The van der Waals surface area contributed by atoms with Crippen LogP contribution in [0.5, 0.6) is 5.75 Å². The van der Waals surface area contributed by atoms with E-state index in [0.717, 1.165) is 31.5 Å². The number of para-hydroxylation sites is 1. The zero-order chi connectivity index (χ0) is 20.4. The second-order valence-electron chi connectivity index (χ2n) is 7.25. The van der Waals surface area contributed by atoms with Gasteiger partial charge in [0.1, 0.15) is 5.75 Å². The molecule has 0 amide bonds. The summed E-state index contributed by atoms with van der Waals surface area (Å²) in [6.45, 7) is 2.87. The summed E-state index contributed by atoms with van der Waals surface area (Å²) in [5.74, 6) is -0.688. The quantitative estimate of drug-likeness (QED) is 0.446. The molecule has 0 saturated carbocycles. The van der Waals surface area contributed by atoms with Crippen molar-refractivity contribution < 1.29 is 14.7 Å². The molecule has 0 radical (unpaired) electrons. The van der Waals surface area contributed by atoms with Crippen LogP contribution in [0.4, 0.5) is 11.4 Å². The number of benzene rings is 3. The Balaban J connectivity index is 1.90. The van der Waals surface area contributed by atoms with Crippen molar-refractivity contribution in [3.63, 3.8) is 0 Å². The first-order valence-electron chi connectivity index (χ1n) is 10.0. The molecular formula is C25H23NO3. The summed E-state index contributed by atoms with van der Waals surface area (Å²) < 4.78 is 0. The van der Waals surface area contributed by atoms with E-state index in [1.807, 2.05) is 30.3 Å². The Labute approximate surface area is 170 Å². The number of phenolic OH excluding ortho intramolecular Hbond substituents is 1. The minimum Gasteiger partial charge on any atom is -0.507 e. The summed E-state index contributed by atoms with van der Waals surface area (Å²) in [4.78, 5) is 28.6. The van der Waals surface area contributed by atoms with E-state index in [-0.39, 0.29) is 28.4 Å². The van der Waals surface area contributed by atoms with Crippen LogP contribution in [0, 0.1) is 0 Å². The predicted molar refractivity (Wildman–Crippen MR) is 114 cm³/mol. The lowest BCUT2D eigenvalue weighted by atomic mass is 9.82. The van der Waals surface area contributed by atoms with Crippen LogP contribution in [0.15, 0.2) is 66.7 Å². The van der Waals surface area contributed by atoms with Gasteiger partial charge in [-0.15, -0.1) is 0 Å². The monoisotopic (exact) mass is 385 g/mol. The average molecular weight is 385 g/mol. The zero-order valence-electron chi connectivity index (χ0n) is 16.4. The van der Waals surface area contributed by atoms with Crippen molar-refractivity contribution in [3.8, 4) is 5.75 Å². The molecule has 0 saturated heterocycles. The fraction of sp³-hybridized carbons (Fsp3) is 0.200. The van der Waals surface area contributed by atoms with Crippen LogP contribution in [-0.2, 0) is 0 Å². The standard InChI is InChI=1S/C25H23NO3/c1-2-3-9-16-26(17-10-5-4-6-11-17)20-14-15-21(27)23-22(20)24(28)18-12-7-8-13-19(18)25(23)29/h4-8,10-15,27H,2-3,9,16H2,1H3. The van der Waals surface area contributed by atoms with E-state index >= 15 is 0 Å². The number of unbranched alkanes of at least 4 members (excludes halogenated alkanes) is 2. The topological polar surface area (TPSA) is 57.6 Å². The maximum atomic E-state index is 13.4. The van der Waals surface area contributed by atoms with Crippen molar-refractivity contribution in [2.24, 2.45) is 0 Å². The van der Waals surface area contributed by atoms with Gasteiger partial charge in [-0.2, -0.15) is 0 Å². The maximum Gasteiger partial charge on any atom is 0.198 e. The molecule has 0 atom stereocenters. The van der Waals surface area contributed by atoms with Crippen molar-refractivity contribution in [1.82, 2.24) is 0 Å². The van der Waals surface area contributed by atoms with Gasteiger partial charge in [-0.05, 0) is 30.7 Å². The van der Waals surface area contributed by atoms with Gasteiger partial charge in [-0.25, -0.2) is 0 Å². The van der Waals surface area contributed by atoms with Gasteiger partial charge in [0.2, 0.25) is 0 Å². The normalized spacial score (nSPS) is 12.4. The number of anilines is 2. The minimum atomic E-state index is -0.309. The number of hydrogen-bond acceptors (Lipinski definition) is 4. The van der Waals surface area contributed by atoms with E-state index in [4.69, 9.17) is 0 Å². The summed E-state index contributed by atoms with van der Waals surface area (Å²) in [7, 11) is 0. The molecule has 4 rings (SSSR count). The van der Waals surface area contributed by atoms with Crippen LogP contribution in [-0.4, -0.2) is 23.2 Å². The summed E-state index contributed by atoms with van der Waals surface area (Å²) >= 11 is 0. The number of carbonyl (C=O) groups is 2. The average Bonchev–Trinajstić information content (AvgIpc) is 2.76. The molecule has 0 aromatic heterocycles. The van der Waals surface area contributed by atoms with Gasteiger partial charge in [0, 0.05) is 23.4 Å². The second kappa shape index (κ2) is 7.92. The molecule has 1 aliphatic rings. The number of nitrogens with zero attached hydrogens (tertiary/aromatic N) is 1. The summed E-state index contributed by atoms with van der Waals surface area (Å²) in [5.41, 5.74) is 2.73. The number of carbonyl (C=O) groups excluding carboxylic acids is 2. The Morgan fingerprint density at radius 2 is 1.38 bits per heavy atom. The van der Waals surface area contributed by atoms with Gasteiger partial charge >= 0.3 is 0 Å². The van der Waals surface area contributed by atoms with E-state index < -0.39 is 0 Å². The third-order valence-electron chi connectivity index (χ3n) is 5.38. The van der Waals surface area contributed by atoms with Crippen LogP contribution < -0.4 is 4.90 Å². The summed E-state index contributed by atoms with van der Waals surface area (Å²) in [6, 6.07) is 19.9. The number of fused-ring (bicyclic) bond motifs is 2. The van der Waals surface area contributed by atoms with Crippen molar-refractivity contribution in [2.75, 3.05) is 11.4 Å². The molecule has 0 fully saturated rings. The van der Waals surface area contributed by atoms with Crippen molar-refractivity contribution in [3.05, 3.63) is 89.0 Å². The number of aromatic hydroxyl groups is 1. The van der Waals surface area contributed by atoms with Crippen LogP contribution in [0.3, 0.4) is 0 Å². The van der Waals surface area contributed by atoms with Gasteiger partial charge in [-0.1, -0.05) is 62.2 Å². The van der Waals surface area contributed by atoms with E-state index in [2.05, 4.69) is 11.8 Å². The van der Waals surface area contributed by atoms with E-state index in [9.17, 15) is 14.7 Å². The fourth-order valence-electron chi connectivity index (χ4n) is 3.93. The molecule has 0 aliphatic heterocycles. The van der Waals surface area contributed by atoms with E-state index in [1.54, 1.807) is 30.3 Å². The highest BCUT2D eigenvalue weighted by Crippen LogP contribution is 2.40. The first kappa shape index (κ1) is 18.9. The molecule has 29 heavy (non-hydrogen) atoms. The first-order chi connectivity index (χ1) is 14.1. The number of ketones is 2. The lowest BCUT2D eigenvalue weighted by molar-refractivity contribution is 0.0977. The Kier molecular flexibility index (Phi) is 5.17. The van der Waals surface area contributed by atoms with Gasteiger partial charge in [0.25, 0.3) is 0 Å². The summed E-state index contributed by atoms with van der Waals surface area (Å²) in [6.07, 6.45) is 3.11. The van der Waals surface area contributed by atoms with Crippen molar-refractivity contribution in [2.45, 2.75) is 26.2 Å². The largest absolute Gasteiger partial charge is 0.507 e. The van der Waals surface area contributed by atoms with Gasteiger partial charge in [-0.3, -0.25) is 9.59 Å². The molecule has 3 aromatic rings. The lowest BCUT2D eigenvalue weighted by Gasteiger charge is -2.30. The van der Waals surface area contributed by atoms with Crippen molar-refractivity contribution >= 4 is 22.9 Å². The number of hydrogen-bond donors (Lipinski definition) is 1. The molecule has 0 heterocycles. The molecular weight excluding hydrogens is 362 g/mol. The Morgan fingerprint density at radius 3 is 2.03 bits per heavy atom. The molecule has 1 N–H and O–H groups in total. The Morgan fingerprint density at radius 1 is 0.759 bits per heavy atom. The maximum absolute atomic E-state index is 13.4. The van der Waals surface area contributed by atoms with E-state index in [1.165, 1.54) is 6.07 Å². The molecule has 0 bridgehead atoms. The highest BCUT2D eigenvalue weighted by Gasteiger charge is 2.35. The third-order valence-corrected chi connectivity index (χ3v) is 5.38. The van der Waals surface area contributed by atoms with Crippen LogP contribution in [0.1, 0.15) is 58.0 Å². The SMILES string of the molecule is CCCCCN(c1ccccc1)c1ccc(O)c2c1C(=O)c1ccccc1C2=O. The van der Waals surface area contributed by atoms with Crippen LogP contribution >= 0.6 is 0 Å². The molecule has 1 aliphatic carbocycles. The third kappa shape index (κ3) is 3.31. The van der Waals surface area contributed by atoms with Gasteiger partial charge in [0.05, 0.1) is 16.8 Å². The van der Waals surface area contributed by atoms with Gasteiger partial charge in [0.15, 0.2) is 11.6 Å².